The van der Waals surface area contributed by atoms with Gasteiger partial charge >= 0.3 is 0 Å². The highest BCUT2D eigenvalue weighted by molar-refractivity contribution is 5.58. The summed E-state index contributed by atoms with van der Waals surface area (Å²) >= 11 is 0. The third kappa shape index (κ3) is 3.78. The fraction of sp³-hybridized carbons (Fsp3) is 0.625. The summed E-state index contributed by atoms with van der Waals surface area (Å²) in [5, 5.41) is 24.5. The molecule has 5 nitrogen and oxygen atoms in total. The Balaban J connectivity index is 1.38. The number of dihydropyridines is 1. The van der Waals surface area contributed by atoms with Gasteiger partial charge in [0, 0.05) is 17.0 Å². The van der Waals surface area contributed by atoms with Crippen molar-refractivity contribution in [3.63, 3.8) is 0 Å². The van der Waals surface area contributed by atoms with Gasteiger partial charge in [-0.3, -0.25) is 0 Å². The maximum atomic E-state index is 10.4. The molecule has 8 atom stereocenters. The predicted octanol–water partition coefficient (Wildman–Crippen LogP) is 6.44. The first kappa shape index (κ1) is 24.7. The van der Waals surface area contributed by atoms with Crippen molar-refractivity contribution >= 4 is 6.40 Å². The predicted molar refractivity (Wildman–Crippen MR) is 145 cm³/mol. The van der Waals surface area contributed by atoms with Crippen LogP contribution in [0.4, 0.5) is 0 Å². The summed E-state index contributed by atoms with van der Waals surface area (Å²) in [6, 6.07) is 13.1. The van der Waals surface area contributed by atoms with E-state index in [-0.39, 0.29) is 17.4 Å². The maximum absolute atomic E-state index is 10.4. The van der Waals surface area contributed by atoms with Crippen molar-refractivity contribution in [2.45, 2.75) is 84.2 Å². The molecule has 0 radical (unpaired) electrons. The molecule has 1 aliphatic heterocycles. The van der Waals surface area contributed by atoms with E-state index < -0.39 is 0 Å². The summed E-state index contributed by atoms with van der Waals surface area (Å²) in [6.45, 7) is 7.52. The summed E-state index contributed by atoms with van der Waals surface area (Å²) in [5.41, 5.74) is 5.00. The maximum Gasteiger partial charge on any atom is 0.176 e. The van der Waals surface area contributed by atoms with E-state index in [9.17, 15) is 10.4 Å². The number of nitrogens with zero attached hydrogens (tertiary/aromatic N) is 2. The molecule has 0 bridgehead atoms. The van der Waals surface area contributed by atoms with Crippen molar-refractivity contribution in [3.05, 3.63) is 58.6 Å². The van der Waals surface area contributed by atoms with E-state index in [2.05, 4.69) is 54.5 Å². The highest BCUT2D eigenvalue weighted by atomic mass is 16.5. The van der Waals surface area contributed by atoms with Crippen LogP contribution in [0.15, 0.2) is 58.0 Å². The van der Waals surface area contributed by atoms with Gasteiger partial charge in [0.2, 0.25) is 0 Å². The van der Waals surface area contributed by atoms with Gasteiger partial charge in [0.05, 0.1) is 24.4 Å². The van der Waals surface area contributed by atoms with Gasteiger partial charge in [0.25, 0.3) is 0 Å². The number of rotatable bonds is 4. The second-order valence-corrected chi connectivity index (χ2v) is 12.7. The molecule has 1 heterocycles. The highest BCUT2D eigenvalue weighted by Gasteiger charge is 2.61. The van der Waals surface area contributed by atoms with Crippen molar-refractivity contribution in [1.82, 2.24) is 5.32 Å². The molecule has 6 rings (SSSR count). The standard InChI is InChI=1S/C32H41N3O2/c1-4-37-19-34-30-25(18-33)28(20-8-6-5-7-9-20)24-17-27-23-11-10-21-16-22(36)12-14-31(21,2)26(23)13-15-32(27,3)29(24)35-30/h5-9,19,21-23,26-28,35-36H,4,10-17H2,1-3H3/b34-19+/t21-,22-,23+,26-,27-,28?,31-,32-/m0/s1. The first-order valence-electron chi connectivity index (χ1n) is 14.4. The van der Waals surface area contributed by atoms with Gasteiger partial charge in [-0.25, -0.2) is 4.99 Å². The van der Waals surface area contributed by atoms with Gasteiger partial charge in [-0.1, -0.05) is 44.2 Å². The zero-order valence-electron chi connectivity index (χ0n) is 22.5. The van der Waals surface area contributed by atoms with E-state index in [0.29, 0.717) is 41.2 Å². The molecular formula is C32H41N3O2. The lowest BCUT2D eigenvalue weighted by Crippen LogP contribution is -2.54. The first-order chi connectivity index (χ1) is 17.9. The van der Waals surface area contributed by atoms with Crippen LogP contribution < -0.4 is 5.32 Å². The molecule has 5 aliphatic rings. The Hall–Kier alpha value is -2.58. The molecule has 196 valence electrons. The quantitative estimate of drug-likeness (QED) is 0.369. The zero-order valence-corrected chi connectivity index (χ0v) is 22.5. The number of allylic oxidation sites excluding steroid dienone is 3. The minimum Gasteiger partial charge on any atom is -0.483 e. The van der Waals surface area contributed by atoms with Crippen LogP contribution in [0.3, 0.4) is 0 Å². The van der Waals surface area contributed by atoms with Crippen LogP contribution in [0.25, 0.3) is 0 Å². The summed E-state index contributed by atoms with van der Waals surface area (Å²) in [5.74, 6) is 3.24. The van der Waals surface area contributed by atoms with Crippen molar-refractivity contribution in [2.75, 3.05) is 6.61 Å². The van der Waals surface area contributed by atoms with Crippen molar-refractivity contribution in [1.29, 1.82) is 5.26 Å². The van der Waals surface area contributed by atoms with Crippen LogP contribution in [0, 0.1) is 45.8 Å². The molecule has 0 aromatic heterocycles. The van der Waals surface area contributed by atoms with Gasteiger partial charge in [-0.15, -0.1) is 0 Å². The van der Waals surface area contributed by atoms with Crippen LogP contribution in [-0.2, 0) is 4.74 Å². The van der Waals surface area contributed by atoms with Crippen LogP contribution in [0.5, 0.6) is 0 Å². The number of benzene rings is 1. The van der Waals surface area contributed by atoms with Crippen LogP contribution in [0.1, 0.15) is 83.6 Å². The van der Waals surface area contributed by atoms with E-state index in [1.807, 2.05) is 13.0 Å². The van der Waals surface area contributed by atoms with Gasteiger partial charge in [0.1, 0.15) is 5.82 Å². The number of ether oxygens (including phenoxy) is 1. The topological polar surface area (TPSA) is 77.6 Å². The second-order valence-electron chi connectivity index (χ2n) is 12.7. The SMILES string of the molecule is CCO/C=N/C1=C(C#N)C(c2ccccc2)C2=C(N1)[C@@]1(C)CC[C@H]3[C@@H](CC[C@H]4C[C@@H](O)CC[C@@]43C)[C@@H]1C2. The minimum absolute atomic E-state index is 0.0612. The van der Waals surface area contributed by atoms with E-state index in [1.165, 1.54) is 48.9 Å². The number of aliphatic hydroxyl groups excluding tert-OH is 1. The molecule has 5 heteroatoms. The molecule has 37 heavy (non-hydrogen) atoms. The molecule has 2 N–H and O–H groups in total. The summed E-state index contributed by atoms with van der Waals surface area (Å²) in [7, 11) is 0. The fourth-order valence-electron chi connectivity index (χ4n) is 9.33. The monoisotopic (exact) mass is 499 g/mol. The lowest BCUT2D eigenvalue weighted by Gasteiger charge is -2.60. The number of hydrogen-bond donors (Lipinski definition) is 2. The molecule has 0 amide bonds. The molecule has 1 aromatic rings. The van der Waals surface area contributed by atoms with Crippen LogP contribution in [0.2, 0.25) is 0 Å². The zero-order chi connectivity index (χ0) is 25.8. The van der Waals surface area contributed by atoms with E-state index >= 15 is 0 Å². The molecule has 3 saturated carbocycles. The molecule has 3 fully saturated rings. The Kier molecular flexibility index (Phi) is 6.23. The Morgan fingerprint density at radius 1 is 1.14 bits per heavy atom. The molecular weight excluding hydrogens is 458 g/mol. The average Bonchev–Trinajstić information content (AvgIpc) is 3.21. The van der Waals surface area contributed by atoms with E-state index in [4.69, 9.17) is 4.74 Å². The van der Waals surface area contributed by atoms with Gasteiger partial charge in [0.15, 0.2) is 6.40 Å². The smallest absolute Gasteiger partial charge is 0.176 e. The molecule has 1 aromatic carbocycles. The normalized spacial score (nSPS) is 40.8. The molecule has 0 saturated heterocycles. The van der Waals surface area contributed by atoms with Crippen molar-refractivity contribution in [2.24, 2.45) is 39.5 Å². The first-order valence-corrected chi connectivity index (χ1v) is 14.4. The number of hydrogen-bond acceptors (Lipinski definition) is 5. The lowest BCUT2D eigenvalue weighted by atomic mass is 9.45. The summed E-state index contributed by atoms with van der Waals surface area (Å²) in [4.78, 5) is 4.62. The summed E-state index contributed by atoms with van der Waals surface area (Å²) < 4.78 is 5.44. The number of fused-ring (bicyclic) bond motifs is 6. The highest BCUT2D eigenvalue weighted by Crippen LogP contribution is 2.68. The average molecular weight is 500 g/mol. The third-order valence-corrected chi connectivity index (χ3v) is 11.2. The molecule has 0 spiro atoms. The largest absolute Gasteiger partial charge is 0.483 e. The van der Waals surface area contributed by atoms with Gasteiger partial charge in [-0.2, -0.15) is 5.26 Å². The Morgan fingerprint density at radius 2 is 1.95 bits per heavy atom. The number of aliphatic hydroxyl groups is 1. The minimum atomic E-state index is -0.106. The van der Waals surface area contributed by atoms with Crippen LogP contribution in [-0.4, -0.2) is 24.2 Å². The Morgan fingerprint density at radius 3 is 2.70 bits per heavy atom. The number of aliphatic imine (C=N–C) groups is 1. The number of nitriles is 1. The lowest BCUT2D eigenvalue weighted by molar-refractivity contribution is -0.118. The fourth-order valence-corrected chi connectivity index (χ4v) is 9.33. The van der Waals surface area contributed by atoms with Crippen molar-refractivity contribution in [3.8, 4) is 6.07 Å². The molecule has 1 unspecified atom stereocenters. The second kappa shape index (κ2) is 9.31. The van der Waals surface area contributed by atoms with Gasteiger partial charge < -0.3 is 15.2 Å². The van der Waals surface area contributed by atoms with Gasteiger partial charge in [-0.05, 0) is 98.5 Å². The van der Waals surface area contributed by atoms with Crippen molar-refractivity contribution < 1.29 is 9.84 Å². The number of nitrogens with one attached hydrogen (secondary N) is 1. The Labute approximate surface area is 221 Å². The van der Waals surface area contributed by atoms with E-state index in [1.54, 1.807) is 0 Å². The summed E-state index contributed by atoms with van der Waals surface area (Å²) in [6.07, 6.45) is 10.5. The third-order valence-electron chi connectivity index (χ3n) is 11.2. The Bertz CT molecular complexity index is 1180. The van der Waals surface area contributed by atoms with Crippen LogP contribution >= 0.6 is 0 Å². The van der Waals surface area contributed by atoms with E-state index in [0.717, 1.165) is 31.6 Å². The molecule has 4 aliphatic carbocycles.